The Kier molecular flexibility index (Phi) is 5.03. The molecule has 0 aliphatic rings. The average molecular weight is 397 g/mol. The molecule has 0 saturated carbocycles. The normalized spacial score (nSPS) is 11.0. The molecular weight excluding hydrogens is 377 g/mol. The van der Waals surface area contributed by atoms with Gasteiger partial charge in [-0.25, -0.2) is 0 Å². The number of benzene rings is 1. The van der Waals surface area contributed by atoms with E-state index in [-0.39, 0.29) is 5.91 Å². The lowest BCUT2D eigenvalue weighted by atomic mass is 10.1. The zero-order chi connectivity index (χ0) is 15.6. The van der Waals surface area contributed by atoms with Crippen LogP contribution in [0.2, 0.25) is 0 Å². The first kappa shape index (κ1) is 16.0. The Bertz CT molecular complexity index is 662. The van der Waals surface area contributed by atoms with Crippen molar-refractivity contribution in [1.29, 1.82) is 0 Å². The van der Waals surface area contributed by atoms with Gasteiger partial charge in [-0.3, -0.25) is 9.48 Å². The van der Waals surface area contributed by atoms with Crippen LogP contribution in [0.15, 0.2) is 24.3 Å². The number of nitrogens with zero attached hydrogens (tertiary/aromatic N) is 2. The van der Waals surface area contributed by atoms with Gasteiger partial charge in [0.25, 0.3) is 5.91 Å². The van der Waals surface area contributed by atoms with Crippen LogP contribution in [0, 0.1) is 10.5 Å². The van der Waals surface area contributed by atoms with Gasteiger partial charge in [-0.05, 0) is 58.7 Å². The maximum atomic E-state index is 12.3. The molecule has 0 fully saturated rings. The van der Waals surface area contributed by atoms with Crippen molar-refractivity contribution in [1.82, 2.24) is 15.1 Å². The minimum atomic E-state index is -0.0878. The summed E-state index contributed by atoms with van der Waals surface area (Å²) in [5.41, 5.74) is 3.89. The number of hydrogen-bond donors (Lipinski definition) is 1. The van der Waals surface area contributed by atoms with Crippen molar-refractivity contribution in [3.63, 3.8) is 0 Å². The number of carbonyl (C=O) groups excluding carboxylic acids is 1. The minimum absolute atomic E-state index is 0.0878. The molecule has 2 rings (SSSR count). The molecule has 1 aromatic carbocycles. The number of nitrogens with one attached hydrogen (secondary N) is 1. The Morgan fingerprint density at radius 1 is 1.43 bits per heavy atom. The zero-order valence-corrected chi connectivity index (χ0v) is 14.9. The number of aryl methyl sites for hydroxylation is 1. The molecule has 1 amide bonds. The molecule has 1 aromatic heterocycles. The molecule has 0 aliphatic carbocycles. The van der Waals surface area contributed by atoms with E-state index in [2.05, 4.69) is 59.8 Å². The van der Waals surface area contributed by atoms with Gasteiger partial charge in [0.2, 0.25) is 0 Å². The van der Waals surface area contributed by atoms with E-state index in [9.17, 15) is 4.79 Å². The third-order valence-corrected chi connectivity index (χ3v) is 4.71. The number of carbonyl (C=O) groups is 1. The maximum Gasteiger partial charge on any atom is 0.269 e. The highest BCUT2D eigenvalue weighted by Gasteiger charge is 2.15. The molecular formula is C16H20IN3O. The summed E-state index contributed by atoms with van der Waals surface area (Å²) in [5, 5.41) is 7.35. The van der Waals surface area contributed by atoms with Gasteiger partial charge in [0.1, 0.15) is 5.69 Å². The molecule has 0 aliphatic heterocycles. The van der Waals surface area contributed by atoms with E-state index in [1.807, 2.05) is 18.2 Å². The Hall–Kier alpha value is -1.37. The molecule has 0 atom stereocenters. The SMILES string of the molecule is Cc1c(I)cccc1CNC(=O)c1cc(C(C)C)nn1C. The first-order valence-electron chi connectivity index (χ1n) is 6.96. The number of amides is 1. The summed E-state index contributed by atoms with van der Waals surface area (Å²) in [4.78, 5) is 12.3. The van der Waals surface area contributed by atoms with Gasteiger partial charge in [-0.2, -0.15) is 5.10 Å². The van der Waals surface area contributed by atoms with Crippen molar-refractivity contribution in [3.8, 4) is 0 Å². The Morgan fingerprint density at radius 3 is 2.76 bits per heavy atom. The zero-order valence-electron chi connectivity index (χ0n) is 12.8. The van der Waals surface area contributed by atoms with Crippen LogP contribution in [0.4, 0.5) is 0 Å². The van der Waals surface area contributed by atoms with Gasteiger partial charge in [0.15, 0.2) is 0 Å². The molecule has 0 unspecified atom stereocenters. The largest absolute Gasteiger partial charge is 0.347 e. The van der Waals surface area contributed by atoms with E-state index < -0.39 is 0 Å². The van der Waals surface area contributed by atoms with Crippen LogP contribution in [0.5, 0.6) is 0 Å². The Labute approximate surface area is 139 Å². The van der Waals surface area contributed by atoms with E-state index >= 15 is 0 Å². The first-order valence-corrected chi connectivity index (χ1v) is 8.04. The van der Waals surface area contributed by atoms with Gasteiger partial charge < -0.3 is 5.32 Å². The van der Waals surface area contributed by atoms with Crippen molar-refractivity contribution >= 4 is 28.5 Å². The third kappa shape index (κ3) is 3.64. The maximum absolute atomic E-state index is 12.3. The Balaban J connectivity index is 2.10. The second-order valence-corrected chi connectivity index (χ2v) is 6.60. The molecule has 5 heteroatoms. The quantitative estimate of drug-likeness (QED) is 0.805. The minimum Gasteiger partial charge on any atom is -0.347 e. The van der Waals surface area contributed by atoms with Crippen LogP contribution in [-0.2, 0) is 13.6 Å². The fourth-order valence-corrected chi connectivity index (χ4v) is 2.65. The van der Waals surface area contributed by atoms with Crippen molar-refractivity contribution in [2.75, 3.05) is 0 Å². The van der Waals surface area contributed by atoms with Gasteiger partial charge in [-0.1, -0.05) is 26.0 Å². The molecule has 0 bridgehead atoms. The molecule has 4 nitrogen and oxygen atoms in total. The molecule has 1 N–H and O–H groups in total. The van der Waals surface area contributed by atoms with E-state index in [1.54, 1.807) is 11.7 Å². The van der Waals surface area contributed by atoms with Gasteiger partial charge in [0.05, 0.1) is 5.69 Å². The number of rotatable bonds is 4. The predicted molar refractivity (Wildman–Crippen MR) is 92.4 cm³/mol. The highest BCUT2D eigenvalue weighted by atomic mass is 127. The van der Waals surface area contributed by atoms with Crippen LogP contribution in [-0.4, -0.2) is 15.7 Å². The first-order chi connectivity index (χ1) is 9.90. The van der Waals surface area contributed by atoms with Crippen molar-refractivity contribution in [3.05, 3.63) is 50.4 Å². The summed E-state index contributed by atoms with van der Waals surface area (Å²) in [7, 11) is 1.80. The fraction of sp³-hybridized carbons (Fsp3) is 0.375. The summed E-state index contributed by atoms with van der Waals surface area (Å²) in [6, 6.07) is 7.98. The summed E-state index contributed by atoms with van der Waals surface area (Å²) in [6.45, 7) is 6.74. The van der Waals surface area contributed by atoms with Crippen molar-refractivity contribution in [2.45, 2.75) is 33.2 Å². The lowest BCUT2D eigenvalue weighted by Gasteiger charge is -2.09. The summed E-state index contributed by atoms with van der Waals surface area (Å²) in [6.07, 6.45) is 0. The molecule has 112 valence electrons. The number of aromatic nitrogens is 2. The predicted octanol–water partition coefficient (Wildman–Crippen LogP) is 3.39. The van der Waals surface area contributed by atoms with Crippen LogP contribution < -0.4 is 5.32 Å². The van der Waals surface area contributed by atoms with Gasteiger partial charge in [0, 0.05) is 17.2 Å². The van der Waals surface area contributed by atoms with E-state index in [0.29, 0.717) is 18.2 Å². The van der Waals surface area contributed by atoms with Gasteiger partial charge >= 0.3 is 0 Å². The number of hydrogen-bond acceptors (Lipinski definition) is 2. The van der Waals surface area contributed by atoms with Crippen molar-refractivity contribution in [2.24, 2.45) is 7.05 Å². The molecule has 0 radical (unpaired) electrons. The van der Waals surface area contributed by atoms with Crippen LogP contribution in [0.25, 0.3) is 0 Å². The van der Waals surface area contributed by atoms with Crippen LogP contribution >= 0.6 is 22.6 Å². The van der Waals surface area contributed by atoms with Crippen LogP contribution in [0.3, 0.4) is 0 Å². The summed E-state index contributed by atoms with van der Waals surface area (Å²) >= 11 is 2.31. The number of halogens is 1. The second kappa shape index (κ2) is 6.60. The van der Waals surface area contributed by atoms with Crippen LogP contribution in [0.1, 0.15) is 47.1 Å². The monoisotopic (exact) mass is 397 g/mol. The fourth-order valence-electron chi connectivity index (χ4n) is 2.09. The highest BCUT2D eigenvalue weighted by molar-refractivity contribution is 14.1. The van der Waals surface area contributed by atoms with E-state index in [4.69, 9.17) is 0 Å². The van der Waals surface area contributed by atoms with Crippen molar-refractivity contribution < 1.29 is 4.79 Å². The third-order valence-electron chi connectivity index (χ3n) is 3.54. The molecule has 21 heavy (non-hydrogen) atoms. The standard InChI is InChI=1S/C16H20IN3O/c1-10(2)14-8-15(20(4)19-14)16(21)18-9-12-6-5-7-13(17)11(12)3/h5-8,10H,9H2,1-4H3,(H,18,21). The Morgan fingerprint density at radius 2 is 2.14 bits per heavy atom. The van der Waals surface area contributed by atoms with E-state index in [1.165, 1.54) is 9.13 Å². The second-order valence-electron chi connectivity index (χ2n) is 5.44. The van der Waals surface area contributed by atoms with E-state index in [0.717, 1.165) is 11.3 Å². The molecule has 0 saturated heterocycles. The highest BCUT2D eigenvalue weighted by Crippen LogP contribution is 2.16. The topological polar surface area (TPSA) is 46.9 Å². The average Bonchev–Trinajstić information content (AvgIpc) is 2.82. The molecule has 1 heterocycles. The summed E-state index contributed by atoms with van der Waals surface area (Å²) < 4.78 is 2.86. The smallest absolute Gasteiger partial charge is 0.269 e. The lowest BCUT2D eigenvalue weighted by Crippen LogP contribution is -2.25. The molecule has 2 aromatic rings. The summed E-state index contributed by atoms with van der Waals surface area (Å²) in [5.74, 6) is 0.228. The molecule has 0 spiro atoms. The lowest BCUT2D eigenvalue weighted by molar-refractivity contribution is 0.0941. The van der Waals surface area contributed by atoms with Gasteiger partial charge in [-0.15, -0.1) is 0 Å².